The van der Waals surface area contributed by atoms with E-state index >= 15 is 0 Å². The van der Waals surface area contributed by atoms with E-state index in [2.05, 4.69) is 36.3 Å². The molecule has 1 aliphatic rings. The molecule has 0 spiro atoms. The Bertz CT molecular complexity index is 530. The molecule has 8 nitrogen and oxygen atoms in total. The summed E-state index contributed by atoms with van der Waals surface area (Å²) in [5.74, 6) is 1.39. The van der Waals surface area contributed by atoms with Crippen LogP contribution in [0.15, 0.2) is 4.99 Å². The van der Waals surface area contributed by atoms with Gasteiger partial charge in [0.1, 0.15) is 5.60 Å². The number of guanidine groups is 1. The number of likely N-dealkylation sites (tertiary alicyclic amines) is 1. The molecule has 1 amide bonds. The van der Waals surface area contributed by atoms with Gasteiger partial charge >= 0.3 is 6.09 Å². The van der Waals surface area contributed by atoms with Crippen molar-refractivity contribution in [2.75, 3.05) is 53.1 Å². The van der Waals surface area contributed by atoms with Gasteiger partial charge in [0.15, 0.2) is 5.96 Å². The number of amides is 1. The number of alkyl carbamates (subject to hydrolysis) is 1. The first kappa shape index (κ1) is 26.5. The number of carbonyl (C=O) groups excluding carboxylic acids is 1. The van der Waals surface area contributed by atoms with Crippen molar-refractivity contribution in [1.29, 1.82) is 0 Å². The Labute approximate surface area is 183 Å². The van der Waals surface area contributed by atoms with E-state index in [1.165, 1.54) is 0 Å². The number of nitrogens with zero attached hydrogens (tertiary/aromatic N) is 2. The van der Waals surface area contributed by atoms with Gasteiger partial charge in [0.2, 0.25) is 0 Å². The van der Waals surface area contributed by atoms with Crippen molar-refractivity contribution >= 4 is 12.1 Å². The molecule has 1 heterocycles. The second kappa shape index (κ2) is 13.0. The fourth-order valence-corrected chi connectivity index (χ4v) is 3.42. The molecule has 1 rings (SSSR count). The molecule has 0 radical (unpaired) electrons. The Morgan fingerprint density at radius 3 is 2.43 bits per heavy atom. The molecule has 2 N–H and O–H groups in total. The largest absolute Gasteiger partial charge is 0.444 e. The molecule has 1 saturated heterocycles. The molecule has 0 bridgehead atoms. The number of carbonyl (C=O) groups is 1. The standard InChI is InChI=1S/C22H44N4O4/c1-8-22(9-2,25-20(27)30-21(4,5)6)17-24-19(23-10-3)26-12-11-18(15-26)16-29-14-13-28-7/h18H,8-17H2,1-7H3,(H,23,24)(H,25,27). The summed E-state index contributed by atoms with van der Waals surface area (Å²) in [5.41, 5.74) is -0.948. The highest BCUT2D eigenvalue weighted by molar-refractivity contribution is 5.80. The van der Waals surface area contributed by atoms with Crippen LogP contribution in [-0.2, 0) is 14.2 Å². The summed E-state index contributed by atoms with van der Waals surface area (Å²) in [6.45, 7) is 17.0. The van der Waals surface area contributed by atoms with Crippen molar-refractivity contribution < 1.29 is 19.0 Å². The van der Waals surface area contributed by atoms with E-state index in [1.54, 1.807) is 7.11 Å². The molecule has 176 valence electrons. The number of ether oxygens (including phenoxy) is 3. The van der Waals surface area contributed by atoms with Crippen LogP contribution in [0.1, 0.15) is 60.8 Å². The molecule has 0 saturated carbocycles. The summed E-state index contributed by atoms with van der Waals surface area (Å²) in [4.78, 5) is 19.6. The summed E-state index contributed by atoms with van der Waals surface area (Å²) < 4.78 is 16.2. The number of nitrogens with one attached hydrogen (secondary N) is 2. The van der Waals surface area contributed by atoms with Gasteiger partial charge in [-0.05, 0) is 47.0 Å². The maximum absolute atomic E-state index is 12.4. The molecule has 0 aromatic rings. The van der Waals surface area contributed by atoms with E-state index in [1.807, 2.05) is 20.8 Å². The maximum atomic E-state index is 12.4. The quantitative estimate of drug-likeness (QED) is 0.299. The van der Waals surface area contributed by atoms with Gasteiger partial charge in [0.25, 0.3) is 0 Å². The average Bonchev–Trinajstić information content (AvgIpc) is 3.14. The Morgan fingerprint density at radius 2 is 1.87 bits per heavy atom. The summed E-state index contributed by atoms with van der Waals surface area (Å²) >= 11 is 0. The van der Waals surface area contributed by atoms with Crippen molar-refractivity contribution in [3.63, 3.8) is 0 Å². The molecule has 0 aromatic carbocycles. The van der Waals surface area contributed by atoms with E-state index in [9.17, 15) is 4.79 Å². The minimum atomic E-state index is -0.522. The third-order valence-electron chi connectivity index (χ3n) is 5.36. The fraction of sp³-hybridized carbons (Fsp3) is 0.909. The minimum Gasteiger partial charge on any atom is -0.444 e. The van der Waals surface area contributed by atoms with Gasteiger partial charge in [-0.1, -0.05) is 13.8 Å². The fourth-order valence-electron chi connectivity index (χ4n) is 3.42. The van der Waals surface area contributed by atoms with E-state index in [0.29, 0.717) is 25.7 Å². The van der Waals surface area contributed by atoms with Gasteiger partial charge in [-0.3, -0.25) is 4.99 Å². The molecule has 0 aromatic heterocycles. The van der Waals surface area contributed by atoms with E-state index in [-0.39, 0.29) is 6.09 Å². The van der Waals surface area contributed by atoms with Crippen LogP contribution in [-0.4, -0.2) is 81.2 Å². The van der Waals surface area contributed by atoms with E-state index in [0.717, 1.165) is 51.5 Å². The lowest BCUT2D eigenvalue weighted by molar-refractivity contribution is 0.0451. The van der Waals surface area contributed by atoms with Crippen molar-refractivity contribution in [2.45, 2.75) is 71.9 Å². The minimum absolute atomic E-state index is 0.388. The van der Waals surface area contributed by atoms with Crippen LogP contribution < -0.4 is 10.6 Å². The van der Waals surface area contributed by atoms with E-state index in [4.69, 9.17) is 19.2 Å². The zero-order valence-corrected chi connectivity index (χ0v) is 20.2. The van der Waals surface area contributed by atoms with Gasteiger partial charge < -0.3 is 29.7 Å². The smallest absolute Gasteiger partial charge is 0.408 e. The molecule has 1 aliphatic heterocycles. The first-order chi connectivity index (χ1) is 14.2. The van der Waals surface area contributed by atoms with Gasteiger partial charge in [-0.15, -0.1) is 0 Å². The van der Waals surface area contributed by atoms with Crippen LogP contribution >= 0.6 is 0 Å². The Kier molecular flexibility index (Phi) is 11.5. The monoisotopic (exact) mass is 428 g/mol. The third kappa shape index (κ3) is 9.51. The van der Waals surface area contributed by atoms with Crippen LogP contribution in [0.4, 0.5) is 4.79 Å². The molecule has 1 unspecified atom stereocenters. The molecule has 1 fully saturated rings. The summed E-state index contributed by atoms with van der Waals surface area (Å²) in [5, 5.41) is 6.48. The van der Waals surface area contributed by atoms with Gasteiger partial charge in [0, 0.05) is 32.7 Å². The Hall–Kier alpha value is -1.54. The molecule has 8 heteroatoms. The van der Waals surface area contributed by atoms with Gasteiger partial charge in [-0.25, -0.2) is 4.79 Å². The number of rotatable bonds is 11. The van der Waals surface area contributed by atoms with Crippen LogP contribution in [0.3, 0.4) is 0 Å². The second-order valence-corrected chi connectivity index (χ2v) is 8.95. The lowest BCUT2D eigenvalue weighted by atomic mass is 9.93. The number of hydrogen-bond donors (Lipinski definition) is 2. The maximum Gasteiger partial charge on any atom is 0.408 e. The summed E-state index contributed by atoms with van der Waals surface area (Å²) in [6, 6.07) is 0. The predicted octanol–water partition coefficient (Wildman–Crippen LogP) is 3.02. The lowest BCUT2D eigenvalue weighted by Gasteiger charge is -2.33. The first-order valence-electron chi connectivity index (χ1n) is 11.3. The molecule has 30 heavy (non-hydrogen) atoms. The van der Waals surface area contributed by atoms with E-state index < -0.39 is 11.1 Å². The molecule has 0 aliphatic carbocycles. The molecular formula is C22H44N4O4. The van der Waals surface area contributed by atoms with Gasteiger partial charge in [0.05, 0.1) is 31.9 Å². The van der Waals surface area contributed by atoms with Crippen LogP contribution in [0, 0.1) is 5.92 Å². The average molecular weight is 429 g/mol. The van der Waals surface area contributed by atoms with Gasteiger partial charge in [-0.2, -0.15) is 0 Å². The number of methoxy groups -OCH3 is 1. The van der Waals surface area contributed by atoms with Crippen LogP contribution in [0.2, 0.25) is 0 Å². The zero-order valence-electron chi connectivity index (χ0n) is 20.2. The first-order valence-corrected chi connectivity index (χ1v) is 11.3. The van der Waals surface area contributed by atoms with Crippen LogP contribution in [0.5, 0.6) is 0 Å². The Balaban J connectivity index is 2.74. The summed E-state index contributed by atoms with van der Waals surface area (Å²) in [7, 11) is 1.68. The van der Waals surface area contributed by atoms with Crippen molar-refractivity contribution in [3.8, 4) is 0 Å². The Morgan fingerprint density at radius 1 is 1.17 bits per heavy atom. The number of aliphatic imine (C=N–C) groups is 1. The second-order valence-electron chi connectivity index (χ2n) is 8.95. The third-order valence-corrected chi connectivity index (χ3v) is 5.36. The SMILES string of the molecule is CCNC(=NCC(CC)(CC)NC(=O)OC(C)(C)C)N1CCC(COCCOC)C1. The number of hydrogen-bond acceptors (Lipinski definition) is 5. The molecule has 1 atom stereocenters. The highest BCUT2D eigenvalue weighted by atomic mass is 16.6. The normalized spacial score (nSPS) is 17.9. The van der Waals surface area contributed by atoms with Crippen molar-refractivity contribution in [3.05, 3.63) is 0 Å². The predicted molar refractivity (Wildman–Crippen MR) is 121 cm³/mol. The van der Waals surface area contributed by atoms with Crippen molar-refractivity contribution in [1.82, 2.24) is 15.5 Å². The highest BCUT2D eigenvalue weighted by Gasteiger charge is 2.31. The highest BCUT2D eigenvalue weighted by Crippen LogP contribution is 2.20. The zero-order chi connectivity index (χ0) is 22.6. The van der Waals surface area contributed by atoms with Crippen molar-refractivity contribution in [2.24, 2.45) is 10.9 Å². The topological polar surface area (TPSA) is 84.4 Å². The molecular weight excluding hydrogens is 384 g/mol. The summed E-state index contributed by atoms with van der Waals surface area (Å²) in [6.07, 6.45) is 2.25. The lowest BCUT2D eigenvalue weighted by Crippen LogP contribution is -2.52. The van der Waals surface area contributed by atoms with Crippen LogP contribution in [0.25, 0.3) is 0 Å².